The fraction of sp³-hybridized carbons (Fsp3) is 0.444. The normalized spacial score (nSPS) is 21.1. The molecule has 1 aromatic carbocycles. The number of hydrogen-bond acceptors (Lipinski definition) is 5. The smallest absolute Gasteiger partial charge is 0.122 e. The summed E-state index contributed by atoms with van der Waals surface area (Å²) < 4.78 is 22.0. The molecule has 2 atom stereocenters. The molecule has 1 aliphatic rings. The number of benzene rings is 1. The van der Waals surface area contributed by atoms with Crippen molar-refractivity contribution in [3.8, 4) is 11.5 Å². The van der Waals surface area contributed by atoms with Gasteiger partial charge in [0.1, 0.15) is 11.5 Å². The highest BCUT2D eigenvalue weighted by Crippen LogP contribution is 2.29. The third-order valence-corrected chi connectivity index (χ3v) is 4.27. The molecule has 0 aliphatic carbocycles. The first-order chi connectivity index (χ1) is 11.3. The lowest BCUT2D eigenvalue weighted by atomic mass is 9.89. The molecule has 2 unspecified atom stereocenters. The fourth-order valence-corrected chi connectivity index (χ4v) is 3.03. The number of piperidine rings is 1. The Balaban J connectivity index is 1.68. The van der Waals surface area contributed by atoms with Crippen molar-refractivity contribution in [2.75, 3.05) is 27.3 Å². The fourth-order valence-electron chi connectivity index (χ4n) is 3.03. The summed E-state index contributed by atoms with van der Waals surface area (Å²) in [6, 6.07) is 7.85. The Labute approximate surface area is 136 Å². The number of furan rings is 1. The molecule has 1 aromatic heterocycles. The summed E-state index contributed by atoms with van der Waals surface area (Å²) in [6.07, 6.45) is 4.71. The average Bonchev–Trinajstić information content (AvgIpc) is 3.14. The maximum atomic E-state index is 6.19. The van der Waals surface area contributed by atoms with E-state index in [0.717, 1.165) is 36.6 Å². The zero-order valence-corrected chi connectivity index (χ0v) is 13.6. The molecular weight excluding hydrogens is 294 g/mol. The Bertz CT molecular complexity index is 589. The van der Waals surface area contributed by atoms with E-state index in [1.165, 1.54) is 5.56 Å². The van der Waals surface area contributed by atoms with Gasteiger partial charge in [0.05, 0.1) is 39.5 Å². The van der Waals surface area contributed by atoms with E-state index in [1.807, 2.05) is 30.5 Å². The lowest BCUT2D eigenvalue weighted by Crippen LogP contribution is -2.40. The maximum Gasteiger partial charge on any atom is 0.122 e. The van der Waals surface area contributed by atoms with E-state index >= 15 is 0 Å². The van der Waals surface area contributed by atoms with E-state index in [9.17, 15) is 0 Å². The van der Waals surface area contributed by atoms with Crippen LogP contribution in [0.15, 0.2) is 41.2 Å². The van der Waals surface area contributed by atoms with Crippen molar-refractivity contribution in [3.05, 3.63) is 47.9 Å². The van der Waals surface area contributed by atoms with Gasteiger partial charge in [-0.05, 0) is 42.3 Å². The van der Waals surface area contributed by atoms with Gasteiger partial charge in [-0.1, -0.05) is 0 Å². The van der Waals surface area contributed by atoms with Crippen molar-refractivity contribution in [1.82, 2.24) is 5.32 Å². The Kier molecular flexibility index (Phi) is 5.20. The van der Waals surface area contributed by atoms with Crippen LogP contribution >= 0.6 is 0 Å². The highest BCUT2D eigenvalue weighted by molar-refractivity contribution is 5.38. The Morgan fingerprint density at radius 2 is 1.96 bits per heavy atom. The molecule has 1 saturated heterocycles. The Morgan fingerprint density at radius 1 is 1.17 bits per heavy atom. The van der Waals surface area contributed by atoms with Gasteiger partial charge in [-0.25, -0.2) is 0 Å². The monoisotopic (exact) mass is 317 g/mol. The van der Waals surface area contributed by atoms with Crippen LogP contribution in [0.5, 0.6) is 11.5 Å². The zero-order valence-electron chi connectivity index (χ0n) is 13.6. The lowest BCUT2D eigenvalue weighted by Gasteiger charge is -2.31. The van der Waals surface area contributed by atoms with E-state index in [-0.39, 0.29) is 6.10 Å². The molecule has 0 saturated carbocycles. The third-order valence-electron chi connectivity index (χ3n) is 4.27. The molecule has 2 heterocycles. The van der Waals surface area contributed by atoms with Crippen molar-refractivity contribution in [3.63, 3.8) is 0 Å². The molecule has 5 heteroatoms. The van der Waals surface area contributed by atoms with Gasteiger partial charge in [0.2, 0.25) is 0 Å². The lowest BCUT2D eigenvalue weighted by molar-refractivity contribution is 0.0104. The van der Waals surface area contributed by atoms with E-state index in [4.69, 9.17) is 18.6 Å². The molecule has 3 rings (SSSR count). The van der Waals surface area contributed by atoms with Gasteiger partial charge in [-0.15, -0.1) is 0 Å². The molecule has 5 nitrogen and oxygen atoms in total. The Hall–Kier alpha value is -1.98. The summed E-state index contributed by atoms with van der Waals surface area (Å²) in [5.41, 5.74) is 2.25. The van der Waals surface area contributed by atoms with E-state index in [0.29, 0.717) is 12.5 Å². The topological polar surface area (TPSA) is 52.9 Å². The van der Waals surface area contributed by atoms with Crippen LogP contribution in [0.1, 0.15) is 23.5 Å². The number of rotatable bonds is 6. The van der Waals surface area contributed by atoms with Crippen molar-refractivity contribution in [2.24, 2.45) is 0 Å². The van der Waals surface area contributed by atoms with Crippen LogP contribution < -0.4 is 14.8 Å². The number of nitrogens with one attached hydrogen (secondary N) is 1. The minimum absolute atomic E-state index is 0.124. The van der Waals surface area contributed by atoms with Crippen molar-refractivity contribution in [2.45, 2.75) is 25.0 Å². The van der Waals surface area contributed by atoms with Gasteiger partial charge in [0, 0.05) is 18.5 Å². The molecular formula is C18H23NO4. The van der Waals surface area contributed by atoms with Crippen LogP contribution in [0.3, 0.4) is 0 Å². The van der Waals surface area contributed by atoms with Crippen LogP contribution in [0.4, 0.5) is 0 Å². The van der Waals surface area contributed by atoms with Crippen LogP contribution in [-0.2, 0) is 11.3 Å². The molecule has 0 radical (unpaired) electrons. The van der Waals surface area contributed by atoms with E-state index in [1.54, 1.807) is 20.5 Å². The summed E-state index contributed by atoms with van der Waals surface area (Å²) in [4.78, 5) is 0. The minimum Gasteiger partial charge on any atom is -0.497 e. The second-order valence-electron chi connectivity index (χ2n) is 5.73. The standard InChI is InChI=1S/C18H23NO4/c1-20-15-7-13(8-16(9-15)21-2)11-23-18-10-19-5-3-17(18)14-4-6-22-12-14/h4,6-9,12,17-19H,3,5,10-11H2,1-2H3. The first-order valence-electron chi connectivity index (χ1n) is 7.86. The summed E-state index contributed by atoms with van der Waals surface area (Å²) in [6.45, 7) is 2.37. The van der Waals surface area contributed by atoms with E-state index in [2.05, 4.69) is 5.32 Å². The molecule has 0 bridgehead atoms. The average molecular weight is 317 g/mol. The Morgan fingerprint density at radius 3 is 2.61 bits per heavy atom. The molecule has 23 heavy (non-hydrogen) atoms. The molecule has 124 valence electrons. The van der Waals surface area contributed by atoms with Gasteiger partial charge in [0.15, 0.2) is 0 Å². The second kappa shape index (κ2) is 7.53. The first kappa shape index (κ1) is 15.9. The molecule has 1 aliphatic heterocycles. The number of methoxy groups -OCH3 is 2. The highest BCUT2D eigenvalue weighted by atomic mass is 16.5. The van der Waals surface area contributed by atoms with Crippen LogP contribution in [-0.4, -0.2) is 33.4 Å². The maximum absolute atomic E-state index is 6.19. The molecule has 0 amide bonds. The summed E-state index contributed by atoms with van der Waals surface area (Å²) >= 11 is 0. The molecule has 1 N–H and O–H groups in total. The first-order valence-corrected chi connectivity index (χ1v) is 7.86. The van der Waals surface area contributed by atoms with Gasteiger partial charge >= 0.3 is 0 Å². The van der Waals surface area contributed by atoms with Crippen molar-refractivity contribution < 1.29 is 18.6 Å². The second-order valence-corrected chi connectivity index (χ2v) is 5.73. The van der Waals surface area contributed by atoms with Gasteiger partial charge in [-0.2, -0.15) is 0 Å². The van der Waals surface area contributed by atoms with Gasteiger partial charge in [0.25, 0.3) is 0 Å². The van der Waals surface area contributed by atoms with Gasteiger partial charge in [-0.3, -0.25) is 0 Å². The largest absolute Gasteiger partial charge is 0.497 e. The van der Waals surface area contributed by atoms with Crippen LogP contribution in [0, 0.1) is 0 Å². The number of hydrogen-bond donors (Lipinski definition) is 1. The minimum atomic E-state index is 0.124. The summed E-state index contributed by atoms with van der Waals surface area (Å²) in [5, 5.41) is 3.40. The predicted molar refractivity (Wildman–Crippen MR) is 87.1 cm³/mol. The predicted octanol–water partition coefficient (Wildman–Crippen LogP) is 2.96. The molecule has 1 fully saturated rings. The van der Waals surface area contributed by atoms with Gasteiger partial charge < -0.3 is 23.9 Å². The SMILES string of the molecule is COc1cc(COC2CNCCC2c2ccoc2)cc(OC)c1. The summed E-state index contributed by atoms with van der Waals surface area (Å²) in [5.74, 6) is 1.91. The molecule has 0 spiro atoms. The van der Waals surface area contributed by atoms with Crippen molar-refractivity contribution in [1.29, 1.82) is 0 Å². The van der Waals surface area contributed by atoms with Crippen LogP contribution in [0.25, 0.3) is 0 Å². The highest BCUT2D eigenvalue weighted by Gasteiger charge is 2.27. The quantitative estimate of drug-likeness (QED) is 0.888. The zero-order chi connectivity index (χ0) is 16.1. The molecule has 2 aromatic rings. The van der Waals surface area contributed by atoms with Crippen LogP contribution in [0.2, 0.25) is 0 Å². The summed E-state index contributed by atoms with van der Waals surface area (Å²) in [7, 11) is 3.30. The van der Waals surface area contributed by atoms with Crippen molar-refractivity contribution >= 4 is 0 Å². The third kappa shape index (κ3) is 3.86. The number of ether oxygens (including phenoxy) is 3. The van der Waals surface area contributed by atoms with E-state index < -0.39 is 0 Å².